The summed E-state index contributed by atoms with van der Waals surface area (Å²) in [5, 5.41) is 0. The lowest BCUT2D eigenvalue weighted by Gasteiger charge is -2.10. The lowest BCUT2D eigenvalue weighted by Crippen LogP contribution is -2.09. The summed E-state index contributed by atoms with van der Waals surface area (Å²) in [5.74, 6) is -1.06. The molecule has 0 aliphatic rings. The number of benzene rings is 1. The first-order valence-electron chi connectivity index (χ1n) is 4.33. The molecule has 96 valence electrons. The van der Waals surface area contributed by atoms with Crippen molar-refractivity contribution in [2.75, 3.05) is 5.75 Å². The Morgan fingerprint density at radius 1 is 1.29 bits per heavy atom. The van der Waals surface area contributed by atoms with Crippen LogP contribution in [0.3, 0.4) is 0 Å². The number of alkyl halides is 4. The van der Waals surface area contributed by atoms with E-state index in [0.29, 0.717) is 6.07 Å². The summed E-state index contributed by atoms with van der Waals surface area (Å²) < 4.78 is 71.5. The van der Waals surface area contributed by atoms with Crippen molar-refractivity contribution >= 4 is 19.7 Å². The summed E-state index contributed by atoms with van der Waals surface area (Å²) in [6, 6.07) is 3.41. The summed E-state index contributed by atoms with van der Waals surface area (Å²) in [4.78, 5) is 0. The van der Waals surface area contributed by atoms with E-state index in [1.165, 1.54) is 0 Å². The van der Waals surface area contributed by atoms with E-state index in [-0.39, 0.29) is 5.56 Å². The monoisotopic (exact) mass is 290 g/mol. The molecule has 0 saturated carbocycles. The molecule has 1 unspecified atom stereocenters. The zero-order valence-electron chi connectivity index (χ0n) is 8.21. The van der Waals surface area contributed by atoms with E-state index in [1.54, 1.807) is 0 Å². The van der Waals surface area contributed by atoms with Gasteiger partial charge in [0.2, 0.25) is 9.05 Å². The maximum atomic E-state index is 13.4. The van der Waals surface area contributed by atoms with Gasteiger partial charge in [0.25, 0.3) is 0 Å². The van der Waals surface area contributed by atoms with Crippen molar-refractivity contribution < 1.29 is 26.0 Å². The Morgan fingerprint density at radius 3 is 2.35 bits per heavy atom. The van der Waals surface area contributed by atoms with E-state index in [9.17, 15) is 26.0 Å². The summed E-state index contributed by atoms with van der Waals surface area (Å²) in [7, 11) is 0.714. The molecular weight excluding hydrogens is 284 g/mol. The van der Waals surface area contributed by atoms with Gasteiger partial charge in [0.15, 0.2) is 0 Å². The average molecular weight is 291 g/mol. The highest BCUT2D eigenvalue weighted by atomic mass is 35.7. The summed E-state index contributed by atoms with van der Waals surface area (Å²) in [6.45, 7) is 0. The zero-order valence-corrected chi connectivity index (χ0v) is 9.78. The van der Waals surface area contributed by atoms with Crippen LogP contribution >= 0.6 is 10.7 Å². The van der Waals surface area contributed by atoms with Crippen molar-refractivity contribution in [3.63, 3.8) is 0 Å². The molecule has 0 fully saturated rings. The number of hydrogen-bond donors (Lipinski definition) is 0. The third-order valence-electron chi connectivity index (χ3n) is 1.92. The molecule has 1 rings (SSSR count). The van der Waals surface area contributed by atoms with Crippen molar-refractivity contribution in [3.8, 4) is 0 Å². The summed E-state index contributed by atoms with van der Waals surface area (Å²) in [5.41, 5.74) is -1.41. The molecule has 0 spiro atoms. The molecule has 0 aliphatic carbocycles. The van der Waals surface area contributed by atoms with Crippen LogP contribution in [0.1, 0.15) is 17.3 Å². The number of rotatable bonds is 3. The van der Waals surface area contributed by atoms with E-state index in [4.69, 9.17) is 10.7 Å². The molecule has 0 amide bonds. The van der Waals surface area contributed by atoms with Crippen molar-refractivity contribution in [2.45, 2.75) is 12.3 Å². The fourth-order valence-corrected chi connectivity index (χ4v) is 2.05. The predicted octanol–water partition coefficient (Wildman–Crippen LogP) is 3.28. The van der Waals surface area contributed by atoms with Crippen molar-refractivity contribution in [1.82, 2.24) is 0 Å². The largest absolute Gasteiger partial charge is 0.416 e. The summed E-state index contributed by atoms with van der Waals surface area (Å²) in [6.07, 6.45) is -6.69. The maximum Gasteiger partial charge on any atom is 0.416 e. The maximum absolute atomic E-state index is 13.4. The van der Waals surface area contributed by atoms with E-state index in [2.05, 4.69) is 0 Å². The fraction of sp³-hybridized carbons (Fsp3) is 0.333. The Kier molecular flexibility index (Phi) is 4.03. The Labute approximate surface area is 99.6 Å². The molecular formula is C9H7ClF4O2S. The standard InChI is InChI=1S/C9H7ClF4O2S/c10-17(15,16)5-8(11)6-2-1-3-7(4-6)9(12,13)14/h1-4,8H,5H2. The molecule has 0 heterocycles. The molecule has 0 aromatic heterocycles. The molecule has 1 atom stereocenters. The van der Waals surface area contributed by atoms with Crippen molar-refractivity contribution in [2.24, 2.45) is 0 Å². The van der Waals surface area contributed by atoms with Crippen molar-refractivity contribution in [3.05, 3.63) is 35.4 Å². The van der Waals surface area contributed by atoms with Gasteiger partial charge in [-0.2, -0.15) is 13.2 Å². The van der Waals surface area contributed by atoms with Crippen LogP contribution in [0.2, 0.25) is 0 Å². The van der Waals surface area contributed by atoms with Gasteiger partial charge in [-0.3, -0.25) is 0 Å². The third-order valence-corrected chi connectivity index (χ3v) is 2.99. The van der Waals surface area contributed by atoms with E-state index < -0.39 is 32.7 Å². The summed E-state index contributed by atoms with van der Waals surface area (Å²) >= 11 is 0. The first-order chi connectivity index (χ1) is 7.59. The minimum Gasteiger partial charge on any atom is -0.241 e. The molecule has 1 aromatic rings. The fourth-order valence-electron chi connectivity index (χ4n) is 1.18. The van der Waals surface area contributed by atoms with Crippen LogP contribution < -0.4 is 0 Å². The minimum absolute atomic E-state index is 0.371. The van der Waals surface area contributed by atoms with Crippen LogP contribution in [0.15, 0.2) is 24.3 Å². The second kappa shape index (κ2) is 4.81. The lowest BCUT2D eigenvalue weighted by molar-refractivity contribution is -0.137. The molecule has 0 aliphatic heterocycles. The second-order valence-electron chi connectivity index (χ2n) is 3.30. The van der Waals surface area contributed by atoms with Gasteiger partial charge in [-0.1, -0.05) is 12.1 Å². The minimum atomic E-state index is -4.60. The lowest BCUT2D eigenvalue weighted by atomic mass is 10.1. The Bertz CT molecular complexity index is 498. The topological polar surface area (TPSA) is 34.1 Å². The SMILES string of the molecule is O=S(=O)(Cl)CC(F)c1cccc(C(F)(F)F)c1. The van der Waals surface area contributed by atoms with Gasteiger partial charge in [-0.15, -0.1) is 0 Å². The van der Waals surface area contributed by atoms with E-state index in [0.717, 1.165) is 18.2 Å². The second-order valence-corrected chi connectivity index (χ2v) is 6.12. The average Bonchev–Trinajstić information content (AvgIpc) is 2.14. The van der Waals surface area contributed by atoms with Gasteiger partial charge in [-0.25, -0.2) is 12.8 Å². The van der Waals surface area contributed by atoms with E-state index >= 15 is 0 Å². The predicted molar refractivity (Wildman–Crippen MR) is 54.9 cm³/mol. The molecule has 1 aromatic carbocycles. The van der Waals surface area contributed by atoms with Gasteiger partial charge in [-0.05, 0) is 17.7 Å². The van der Waals surface area contributed by atoms with Gasteiger partial charge in [0, 0.05) is 10.7 Å². The quantitative estimate of drug-likeness (QED) is 0.632. The number of hydrogen-bond acceptors (Lipinski definition) is 2. The highest BCUT2D eigenvalue weighted by molar-refractivity contribution is 8.13. The highest BCUT2D eigenvalue weighted by Gasteiger charge is 2.31. The molecule has 0 saturated heterocycles. The van der Waals surface area contributed by atoms with Crippen LogP contribution in [0.4, 0.5) is 17.6 Å². The zero-order chi connectivity index (χ0) is 13.3. The van der Waals surface area contributed by atoms with Crippen molar-refractivity contribution in [1.29, 1.82) is 0 Å². The molecule has 2 nitrogen and oxygen atoms in total. The highest BCUT2D eigenvalue weighted by Crippen LogP contribution is 2.31. The Hall–Kier alpha value is -0.820. The molecule has 0 N–H and O–H groups in total. The van der Waals surface area contributed by atoms with Crippen LogP contribution in [0, 0.1) is 0 Å². The number of halogens is 5. The molecule has 0 bridgehead atoms. The molecule has 8 heteroatoms. The van der Waals surface area contributed by atoms with Gasteiger partial charge < -0.3 is 0 Å². The normalized spacial score (nSPS) is 14.6. The van der Waals surface area contributed by atoms with E-state index in [1.807, 2.05) is 0 Å². The third kappa shape index (κ3) is 4.51. The molecule has 17 heavy (non-hydrogen) atoms. The first-order valence-corrected chi connectivity index (χ1v) is 6.81. The van der Waals surface area contributed by atoms with Crippen LogP contribution in [-0.2, 0) is 15.2 Å². The smallest absolute Gasteiger partial charge is 0.241 e. The first kappa shape index (κ1) is 14.2. The Morgan fingerprint density at radius 2 is 1.88 bits per heavy atom. The van der Waals surface area contributed by atoms with Gasteiger partial charge in [0.1, 0.15) is 11.9 Å². The Balaban J connectivity index is 3.00. The van der Waals surface area contributed by atoms with Gasteiger partial charge >= 0.3 is 6.18 Å². The van der Waals surface area contributed by atoms with Gasteiger partial charge in [0.05, 0.1) is 5.56 Å². The molecule has 0 radical (unpaired) electrons. The van der Waals surface area contributed by atoms with Crippen LogP contribution in [0.5, 0.6) is 0 Å². The van der Waals surface area contributed by atoms with Crippen LogP contribution in [0.25, 0.3) is 0 Å². The van der Waals surface area contributed by atoms with Crippen LogP contribution in [-0.4, -0.2) is 14.2 Å².